The maximum atomic E-state index is 13.1. The fourth-order valence-corrected chi connectivity index (χ4v) is 4.28. The number of hydrogen-bond acceptors (Lipinski definition) is 6. The number of benzene rings is 3. The van der Waals surface area contributed by atoms with Crippen molar-refractivity contribution >= 4 is 26.9 Å². The molecule has 3 aromatic carbocycles. The van der Waals surface area contributed by atoms with Crippen molar-refractivity contribution in [3.8, 4) is 11.5 Å². The Bertz CT molecular complexity index is 1320. The Morgan fingerprint density at radius 1 is 0.844 bits per heavy atom. The lowest BCUT2D eigenvalue weighted by atomic mass is 10.1. The number of para-hydroxylation sites is 2. The molecule has 1 aromatic heterocycles. The Labute approximate surface area is 187 Å². The summed E-state index contributed by atoms with van der Waals surface area (Å²) in [4.78, 5) is 9.37. The summed E-state index contributed by atoms with van der Waals surface area (Å²) in [5.74, 6) is 1.56. The zero-order valence-corrected chi connectivity index (χ0v) is 18.6. The molecule has 0 unspecified atom stereocenters. The van der Waals surface area contributed by atoms with Gasteiger partial charge in [-0.25, -0.2) is 18.4 Å². The summed E-state index contributed by atoms with van der Waals surface area (Å²) in [6.45, 7) is 2.38. The van der Waals surface area contributed by atoms with Crippen LogP contribution in [0.3, 0.4) is 0 Å². The van der Waals surface area contributed by atoms with E-state index in [2.05, 4.69) is 14.7 Å². The Kier molecular flexibility index (Phi) is 6.23. The molecular formula is C24H23N3O4S. The number of nitrogens with one attached hydrogen (secondary N) is 1. The van der Waals surface area contributed by atoms with Gasteiger partial charge in [0.15, 0.2) is 5.82 Å². The molecule has 32 heavy (non-hydrogen) atoms. The Balaban J connectivity index is 1.70. The van der Waals surface area contributed by atoms with Gasteiger partial charge >= 0.3 is 0 Å². The van der Waals surface area contributed by atoms with E-state index in [4.69, 9.17) is 9.47 Å². The summed E-state index contributed by atoms with van der Waals surface area (Å²) >= 11 is 0. The number of rotatable bonds is 8. The van der Waals surface area contributed by atoms with Gasteiger partial charge in [-0.1, -0.05) is 24.3 Å². The molecule has 0 amide bonds. The van der Waals surface area contributed by atoms with E-state index in [9.17, 15) is 8.42 Å². The van der Waals surface area contributed by atoms with E-state index < -0.39 is 10.0 Å². The maximum Gasteiger partial charge on any atom is 0.263 e. The summed E-state index contributed by atoms with van der Waals surface area (Å²) in [6, 6.07) is 21.2. The van der Waals surface area contributed by atoms with Crippen LogP contribution >= 0.6 is 0 Å². The van der Waals surface area contributed by atoms with Crippen LogP contribution in [0.25, 0.3) is 11.0 Å². The number of anilines is 1. The van der Waals surface area contributed by atoms with Crippen LogP contribution in [0.5, 0.6) is 11.5 Å². The van der Waals surface area contributed by atoms with Gasteiger partial charge < -0.3 is 9.47 Å². The standard InChI is InChI=1S/C24H23N3O4S/c1-3-31-19-12-14-20(15-13-19)32(28,29)27-24-23(16-17-8-10-18(30-2)11-9-17)25-21-6-4-5-7-22(21)26-24/h4-15H,3,16H2,1-2H3,(H,26,27). The number of sulfonamides is 1. The van der Waals surface area contributed by atoms with Gasteiger partial charge in [0.05, 0.1) is 35.3 Å². The minimum Gasteiger partial charge on any atom is -0.497 e. The molecule has 0 spiro atoms. The number of ether oxygens (including phenoxy) is 2. The summed E-state index contributed by atoms with van der Waals surface area (Å²) in [6.07, 6.45) is 0.406. The quantitative estimate of drug-likeness (QED) is 0.428. The largest absolute Gasteiger partial charge is 0.497 e. The molecule has 8 heteroatoms. The van der Waals surface area contributed by atoms with Crippen LogP contribution in [0.15, 0.2) is 77.7 Å². The first kappa shape index (κ1) is 21.6. The van der Waals surface area contributed by atoms with E-state index in [1.807, 2.05) is 49.4 Å². The van der Waals surface area contributed by atoms with E-state index in [1.54, 1.807) is 25.3 Å². The fourth-order valence-electron chi connectivity index (χ4n) is 3.25. The molecule has 164 valence electrons. The number of hydrogen-bond donors (Lipinski definition) is 1. The highest BCUT2D eigenvalue weighted by Gasteiger charge is 2.19. The smallest absolute Gasteiger partial charge is 0.263 e. The molecule has 0 aliphatic carbocycles. The van der Waals surface area contributed by atoms with Gasteiger partial charge in [-0.3, -0.25) is 4.72 Å². The molecule has 0 aliphatic rings. The molecule has 1 N–H and O–H groups in total. The van der Waals surface area contributed by atoms with Crippen molar-refractivity contribution < 1.29 is 17.9 Å². The zero-order chi connectivity index (χ0) is 22.6. The molecule has 7 nitrogen and oxygen atoms in total. The second-order valence-electron chi connectivity index (χ2n) is 7.04. The molecule has 0 fully saturated rings. The third-order valence-corrected chi connectivity index (χ3v) is 6.20. The van der Waals surface area contributed by atoms with Crippen molar-refractivity contribution in [2.45, 2.75) is 18.2 Å². The summed E-state index contributed by atoms with van der Waals surface area (Å²) in [7, 11) is -2.26. The zero-order valence-electron chi connectivity index (χ0n) is 17.8. The average molecular weight is 450 g/mol. The number of aromatic nitrogens is 2. The van der Waals surface area contributed by atoms with Crippen LogP contribution in [0.2, 0.25) is 0 Å². The van der Waals surface area contributed by atoms with Gasteiger partial charge in [0, 0.05) is 6.42 Å². The lowest BCUT2D eigenvalue weighted by Gasteiger charge is -2.13. The first-order chi connectivity index (χ1) is 15.5. The normalized spacial score (nSPS) is 11.3. The Morgan fingerprint density at radius 2 is 1.47 bits per heavy atom. The summed E-state index contributed by atoms with van der Waals surface area (Å²) < 4.78 is 39.3. The van der Waals surface area contributed by atoms with Crippen molar-refractivity contribution in [3.05, 3.63) is 84.1 Å². The highest BCUT2D eigenvalue weighted by atomic mass is 32.2. The highest BCUT2D eigenvalue weighted by Crippen LogP contribution is 2.24. The highest BCUT2D eigenvalue weighted by molar-refractivity contribution is 7.92. The molecule has 1 heterocycles. The average Bonchev–Trinajstić information content (AvgIpc) is 2.80. The first-order valence-electron chi connectivity index (χ1n) is 10.1. The molecular weight excluding hydrogens is 426 g/mol. The molecule has 0 aliphatic heterocycles. The molecule has 4 aromatic rings. The van der Waals surface area contributed by atoms with E-state index in [0.29, 0.717) is 35.5 Å². The summed E-state index contributed by atoms with van der Waals surface area (Å²) in [5, 5.41) is 0. The van der Waals surface area contributed by atoms with Crippen molar-refractivity contribution in [2.24, 2.45) is 0 Å². The topological polar surface area (TPSA) is 90.4 Å². The van der Waals surface area contributed by atoms with E-state index in [1.165, 1.54) is 12.1 Å². The molecule has 0 radical (unpaired) electrons. The number of methoxy groups -OCH3 is 1. The molecule has 0 saturated heterocycles. The molecule has 0 atom stereocenters. The minimum atomic E-state index is -3.87. The monoisotopic (exact) mass is 449 g/mol. The number of nitrogens with zero attached hydrogens (tertiary/aromatic N) is 2. The van der Waals surface area contributed by atoms with Crippen LogP contribution in [0, 0.1) is 0 Å². The van der Waals surface area contributed by atoms with Crippen molar-refractivity contribution in [1.29, 1.82) is 0 Å². The van der Waals surface area contributed by atoms with Gasteiger partial charge in [-0.15, -0.1) is 0 Å². The van der Waals surface area contributed by atoms with Gasteiger partial charge in [0.2, 0.25) is 0 Å². The molecule has 0 bridgehead atoms. The second kappa shape index (κ2) is 9.23. The summed E-state index contributed by atoms with van der Waals surface area (Å²) in [5.41, 5.74) is 2.79. The predicted molar refractivity (Wildman–Crippen MR) is 124 cm³/mol. The minimum absolute atomic E-state index is 0.117. The molecule has 0 saturated carbocycles. The maximum absolute atomic E-state index is 13.1. The van der Waals surface area contributed by atoms with Crippen molar-refractivity contribution in [2.75, 3.05) is 18.4 Å². The Morgan fingerprint density at radius 3 is 2.09 bits per heavy atom. The van der Waals surface area contributed by atoms with Crippen LogP contribution in [0.4, 0.5) is 5.82 Å². The van der Waals surface area contributed by atoms with Gasteiger partial charge in [-0.05, 0) is 61.0 Å². The van der Waals surface area contributed by atoms with Crippen LogP contribution in [0.1, 0.15) is 18.2 Å². The Hall–Kier alpha value is -3.65. The van der Waals surface area contributed by atoms with Crippen molar-refractivity contribution in [1.82, 2.24) is 9.97 Å². The molecule has 4 rings (SSSR count). The van der Waals surface area contributed by atoms with Gasteiger partial charge in [-0.2, -0.15) is 0 Å². The lowest BCUT2D eigenvalue weighted by Crippen LogP contribution is -2.16. The third kappa shape index (κ3) is 4.81. The van der Waals surface area contributed by atoms with Gasteiger partial charge in [0.25, 0.3) is 10.0 Å². The van der Waals surface area contributed by atoms with Gasteiger partial charge in [0.1, 0.15) is 11.5 Å². The van der Waals surface area contributed by atoms with Crippen LogP contribution < -0.4 is 14.2 Å². The van der Waals surface area contributed by atoms with E-state index in [0.717, 1.165) is 11.3 Å². The third-order valence-electron chi connectivity index (χ3n) is 4.85. The predicted octanol–water partition coefficient (Wildman–Crippen LogP) is 4.43. The van der Waals surface area contributed by atoms with E-state index in [-0.39, 0.29) is 10.7 Å². The fraction of sp³-hybridized carbons (Fsp3) is 0.167. The van der Waals surface area contributed by atoms with Crippen LogP contribution in [-0.2, 0) is 16.4 Å². The van der Waals surface area contributed by atoms with Crippen molar-refractivity contribution in [3.63, 3.8) is 0 Å². The number of fused-ring (bicyclic) bond motifs is 1. The van der Waals surface area contributed by atoms with E-state index >= 15 is 0 Å². The first-order valence-corrected chi connectivity index (χ1v) is 11.6. The lowest BCUT2D eigenvalue weighted by molar-refractivity contribution is 0.340. The SMILES string of the molecule is CCOc1ccc(S(=O)(=O)Nc2nc3ccccc3nc2Cc2ccc(OC)cc2)cc1. The van der Waals surface area contributed by atoms with Crippen LogP contribution in [-0.4, -0.2) is 32.1 Å². The second-order valence-corrected chi connectivity index (χ2v) is 8.72.